The van der Waals surface area contributed by atoms with Crippen molar-refractivity contribution < 1.29 is 23.9 Å². The van der Waals surface area contributed by atoms with E-state index in [0.29, 0.717) is 23.0 Å². The number of fused-ring (bicyclic) bond motifs is 2. The van der Waals surface area contributed by atoms with Gasteiger partial charge in [0.05, 0.1) is 22.6 Å². The van der Waals surface area contributed by atoms with Crippen LogP contribution in [0.15, 0.2) is 79.1 Å². The highest BCUT2D eigenvalue weighted by Gasteiger charge is 2.45. The van der Waals surface area contributed by atoms with Gasteiger partial charge in [0.25, 0.3) is 11.8 Å². The number of imide groups is 2. The number of nitrogen functional groups attached to an aromatic ring is 1. The van der Waals surface area contributed by atoms with Gasteiger partial charge in [-0.3, -0.25) is 34.3 Å². The van der Waals surface area contributed by atoms with Gasteiger partial charge in [0.1, 0.15) is 35.4 Å². The molecule has 0 radical (unpaired) electrons. The molecular weight excluding hydrogens is 759 g/mol. The van der Waals surface area contributed by atoms with Crippen LogP contribution in [0.4, 0.5) is 11.5 Å². The third-order valence-electron chi connectivity index (χ3n) is 13.5. The van der Waals surface area contributed by atoms with E-state index in [0.717, 1.165) is 108 Å². The molecule has 3 aromatic carbocycles. The summed E-state index contributed by atoms with van der Waals surface area (Å²) in [6.45, 7) is 4.09. The van der Waals surface area contributed by atoms with E-state index in [1.807, 2.05) is 60.7 Å². The molecule has 5 aliphatic rings. The van der Waals surface area contributed by atoms with Crippen LogP contribution in [0, 0.1) is 11.8 Å². The van der Waals surface area contributed by atoms with E-state index in [1.165, 1.54) is 32.0 Å². The summed E-state index contributed by atoms with van der Waals surface area (Å²) in [4.78, 5) is 65.6. The van der Waals surface area contributed by atoms with E-state index in [9.17, 15) is 19.2 Å². The highest BCUT2D eigenvalue weighted by atomic mass is 16.5. The first kappa shape index (κ1) is 38.1. The van der Waals surface area contributed by atoms with Crippen molar-refractivity contribution in [2.45, 2.75) is 82.3 Å². The normalized spacial score (nSPS) is 22.9. The molecule has 14 heteroatoms. The maximum Gasteiger partial charge on any atom is 0.262 e. The summed E-state index contributed by atoms with van der Waals surface area (Å²) in [6, 6.07) is 23.0. The summed E-state index contributed by atoms with van der Waals surface area (Å²) in [5, 5.41) is 8.19. The fraction of sp³-hybridized carbons (Fsp3) is 0.413. The Bertz CT molecular complexity index is 2450. The summed E-state index contributed by atoms with van der Waals surface area (Å²) in [6.07, 6.45) is 10.9. The first-order chi connectivity index (χ1) is 29.3. The number of rotatable bonds is 10. The van der Waals surface area contributed by atoms with Crippen LogP contribution in [0.2, 0.25) is 0 Å². The molecule has 10 rings (SSSR count). The molecule has 1 saturated carbocycles. The lowest BCUT2D eigenvalue weighted by atomic mass is 9.80. The first-order valence-electron chi connectivity index (χ1n) is 21.4. The summed E-state index contributed by atoms with van der Waals surface area (Å²) in [7, 11) is 0. The van der Waals surface area contributed by atoms with Gasteiger partial charge in [0, 0.05) is 49.9 Å². The van der Waals surface area contributed by atoms with Crippen molar-refractivity contribution in [3.05, 3.63) is 90.3 Å². The SMILES string of the molecule is Nc1ncnc2c1c(-c1ccc(Oc3ccccc3)cc1)nn2C1CCC(CCC2CN(C3CCN(c4ccc5c(c4)C(=O)N(C4CCC(=O)NC4=O)C5=O)CC3)C2)CC1. The van der Waals surface area contributed by atoms with Crippen molar-refractivity contribution in [2.75, 3.05) is 36.8 Å². The quantitative estimate of drug-likeness (QED) is 0.150. The average molecular weight is 808 g/mol. The van der Waals surface area contributed by atoms with E-state index in [4.69, 9.17) is 15.6 Å². The van der Waals surface area contributed by atoms with Crippen molar-refractivity contribution in [2.24, 2.45) is 11.8 Å². The summed E-state index contributed by atoms with van der Waals surface area (Å²) in [5.41, 5.74) is 10.6. The molecule has 1 atom stereocenters. The number of carbonyl (C=O) groups excluding carboxylic acids is 4. The standard InChI is InChI=1S/C46H49N9O5/c47-42-40-41(30-10-15-35(16-11-30)60-34-4-2-1-3-5-34)51-55(43(40)49-27-48-42)32-12-8-28(9-13-32)6-7-29-25-53(26-29)31-20-22-52(23-21-31)33-14-17-36-37(24-33)46(59)54(45(36)58)38-18-19-39(56)50-44(38)57/h1-5,10-11,14-17,24,27-29,31-32,38H,6-9,12-13,18-23,25-26H2,(H2,47,48,49)(H,50,56,57). The second-order valence-corrected chi connectivity index (χ2v) is 17.2. The number of carbonyl (C=O) groups is 4. The average Bonchev–Trinajstić information content (AvgIpc) is 3.76. The predicted molar refractivity (Wildman–Crippen MR) is 225 cm³/mol. The van der Waals surface area contributed by atoms with Gasteiger partial charge in [-0.1, -0.05) is 24.6 Å². The Kier molecular flexibility index (Phi) is 10.0. The first-order valence-corrected chi connectivity index (χ1v) is 21.4. The lowest BCUT2D eigenvalue weighted by molar-refractivity contribution is -0.136. The van der Waals surface area contributed by atoms with Crippen LogP contribution in [0.25, 0.3) is 22.3 Å². The molecule has 5 aromatic rings. The Hall–Kier alpha value is -6.15. The number of likely N-dealkylation sites (tertiary alicyclic amines) is 1. The minimum atomic E-state index is -0.956. The van der Waals surface area contributed by atoms with E-state index in [-0.39, 0.29) is 24.8 Å². The minimum Gasteiger partial charge on any atom is -0.457 e. The topological polar surface area (TPSA) is 169 Å². The van der Waals surface area contributed by atoms with Gasteiger partial charge in [-0.2, -0.15) is 5.10 Å². The Morgan fingerprint density at radius 2 is 1.45 bits per heavy atom. The number of anilines is 2. The molecule has 1 unspecified atom stereocenters. The van der Waals surface area contributed by atoms with E-state index in [2.05, 4.69) is 29.8 Å². The maximum absolute atomic E-state index is 13.4. The van der Waals surface area contributed by atoms with Crippen molar-refractivity contribution >= 4 is 46.2 Å². The zero-order valence-electron chi connectivity index (χ0n) is 33.5. The van der Waals surface area contributed by atoms with Gasteiger partial charge < -0.3 is 15.4 Å². The van der Waals surface area contributed by atoms with Crippen molar-refractivity contribution in [3.63, 3.8) is 0 Å². The molecule has 0 spiro atoms. The molecule has 3 N–H and O–H groups in total. The number of aromatic nitrogens is 4. The molecule has 6 heterocycles. The van der Waals surface area contributed by atoms with Crippen LogP contribution in [0.5, 0.6) is 11.5 Å². The van der Waals surface area contributed by atoms with Crippen LogP contribution in [0.3, 0.4) is 0 Å². The van der Waals surface area contributed by atoms with Crippen LogP contribution in [-0.4, -0.2) is 91.4 Å². The number of nitrogens with zero attached hydrogens (tertiary/aromatic N) is 7. The molecule has 0 bridgehead atoms. The molecule has 4 aliphatic heterocycles. The zero-order valence-corrected chi connectivity index (χ0v) is 33.5. The second kappa shape index (κ2) is 15.8. The largest absolute Gasteiger partial charge is 0.457 e. The summed E-state index contributed by atoms with van der Waals surface area (Å²) < 4.78 is 8.11. The highest BCUT2D eigenvalue weighted by molar-refractivity contribution is 6.23. The fourth-order valence-electron chi connectivity index (χ4n) is 10.1. The molecule has 3 saturated heterocycles. The lowest BCUT2D eigenvalue weighted by Crippen LogP contribution is -2.55. The van der Waals surface area contributed by atoms with E-state index >= 15 is 0 Å². The Morgan fingerprint density at radius 3 is 2.20 bits per heavy atom. The molecule has 4 fully saturated rings. The Labute approximate surface area is 348 Å². The predicted octanol–water partition coefficient (Wildman–Crippen LogP) is 6.38. The molecule has 1 aliphatic carbocycles. The molecule has 4 amide bonds. The number of amides is 4. The number of nitrogens with two attached hydrogens (primary N) is 1. The lowest BCUT2D eigenvalue weighted by Gasteiger charge is -2.48. The third kappa shape index (κ3) is 7.16. The monoisotopic (exact) mass is 807 g/mol. The molecule has 308 valence electrons. The van der Waals surface area contributed by atoms with Gasteiger partial charge in [-0.25, -0.2) is 14.6 Å². The van der Waals surface area contributed by atoms with Crippen LogP contribution >= 0.6 is 0 Å². The minimum absolute atomic E-state index is 0.105. The van der Waals surface area contributed by atoms with Gasteiger partial charge >= 0.3 is 0 Å². The van der Waals surface area contributed by atoms with Crippen LogP contribution < -0.4 is 20.7 Å². The number of nitrogens with one attached hydrogen (secondary N) is 1. The van der Waals surface area contributed by atoms with Crippen molar-refractivity contribution in [1.29, 1.82) is 0 Å². The van der Waals surface area contributed by atoms with Gasteiger partial charge in [0.2, 0.25) is 11.8 Å². The van der Waals surface area contributed by atoms with Gasteiger partial charge in [0.15, 0.2) is 5.65 Å². The highest BCUT2D eigenvalue weighted by Crippen LogP contribution is 2.40. The van der Waals surface area contributed by atoms with Crippen LogP contribution in [-0.2, 0) is 9.59 Å². The number of hydrogen-bond acceptors (Lipinski definition) is 11. The summed E-state index contributed by atoms with van der Waals surface area (Å²) in [5.74, 6) is 1.55. The number of ether oxygens (including phenoxy) is 1. The molecular formula is C46H49N9O5. The number of piperidine rings is 2. The second-order valence-electron chi connectivity index (χ2n) is 17.2. The van der Waals surface area contributed by atoms with E-state index in [1.54, 1.807) is 12.1 Å². The zero-order chi connectivity index (χ0) is 40.9. The Balaban J connectivity index is 0.688. The number of para-hydroxylation sites is 1. The molecule has 14 nitrogen and oxygen atoms in total. The summed E-state index contributed by atoms with van der Waals surface area (Å²) >= 11 is 0. The van der Waals surface area contributed by atoms with Crippen LogP contribution in [0.1, 0.15) is 91.0 Å². The number of hydrogen-bond donors (Lipinski definition) is 2. The fourth-order valence-corrected chi connectivity index (χ4v) is 10.1. The van der Waals surface area contributed by atoms with Crippen molar-refractivity contribution in [3.8, 4) is 22.8 Å². The van der Waals surface area contributed by atoms with Crippen molar-refractivity contribution in [1.82, 2.24) is 34.9 Å². The maximum atomic E-state index is 13.4. The third-order valence-corrected chi connectivity index (χ3v) is 13.5. The van der Waals surface area contributed by atoms with Gasteiger partial charge in [-0.15, -0.1) is 0 Å². The van der Waals surface area contributed by atoms with Gasteiger partial charge in [-0.05, 0) is 118 Å². The smallest absolute Gasteiger partial charge is 0.262 e. The molecule has 60 heavy (non-hydrogen) atoms. The number of benzene rings is 3. The Morgan fingerprint density at radius 1 is 0.733 bits per heavy atom. The van der Waals surface area contributed by atoms with E-state index < -0.39 is 23.8 Å². The molecule has 2 aromatic heterocycles.